The molecule has 0 radical (unpaired) electrons. The first-order valence-corrected chi connectivity index (χ1v) is 6.86. The smallest absolute Gasteiger partial charge is 0.0123 e. The van der Waals surface area contributed by atoms with Crippen LogP contribution in [0.15, 0.2) is 0 Å². The van der Waals surface area contributed by atoms with Crippen LogP contribution in [0.25, 0.3) is 0 Å². The van der Waals surface area contributed by atoms with Crippen LogP contribution in [0.4, 0.5) is 0 Å². The van der Waals surface area contributed by atoms with E-state index >= 15 is 0 Å². The summed E-state index contributed by atoms with van der Waals surface area (Å²) in [5.41, 5.74) is 5.56. The van der Waals surface area contributed by atoms with Crippen molar-refractivity contribution in [3.05, 3.63) is 0 Å². The van der Waals surface area contributed by atoms with Gasteiger partial charge in [0, 0.05) is 6.04 Å². The molecule has 1 heterocycles. The van der Waals surface area contributed by atoms with E-state index in [-0.39, 0.29) is 0 Å². The quantitative estimate of drug-likeness (QED) is 0.722. The Morgan fingerprint density at radius 1 is 1.00 bits per heavy atom. The molecule has 2 unspecified atom stereocenters. The second-order valence-corrected chi connectivity index (χ2v) is 5.29. The lowest BCUT2D eigenvalue weighted by molar-refractivity contribution is 0.0598. The Kier molecular flexibility index (Phi) is 4.45. The van der Waals surface area contributed by atoms with Crippen molar-refractivity contribution in [1.29, 1.82) is 0 Å². The van der Waals surface area contributed by atoms with Gasteiger partial charge in [-0.1, -0.05) is 12.8 Å². The van der Waals surface area contributed by atoms with Crippen LogP contribution in [0.1, 0.15) is 51.4 Å². The minimum atomic E-state index is 0.863. The Hall–Kier alpha value is -0.0800. The van der Waals surface area contributed by atoms with Gasteiger partial charge >= 0.3 is 0 Å². The number of nitrogens with two attached hydrogens (primary N) is 1. The fourth-order valence-corrected chi connectivity index (χ4v) is 3.46. The summed E-state index contributed by atoms with van der Waals surface area (Å²) in [7, 11) is 0. The molecule has 0 aromatic carbocycles. The molecule has 0 aromatic heterocycles. The van der Waals surface area contributed by atoms with Crippen LogP contribution < -0.4 is 5.73 Å². The second kappa shape index (κ2) is 5.86. The predicted octanol–water partition coefficient (Wildman–Crippen LogP) is 2.38. The van der Waals surface area contributed by atoms with Gasteiger partial charge in [0.25, 0.3) is 0 Å². The fraction of sp³-hybridized carbons (Fsp3) is 1.00. The second-order valence-electron chi connectivity index (χ2n) is 5.29. The van der Waals surface area contributed by atoms with Gasteiger partial charge in [-0.05, 0) is 64.1 Å². The first kappa shape index (κ1) is 11.4. The van der Waals surface area contributed by atoms with Crippen LogP contribution in [0.5, 0.6) is 0 Å². The Morgan fingerprint density at radius 3 is 2.67 bits per heavy atom. The van der Waals surface area contributed by atoms with E-state index < -0.39 is 0 Å². The summed E-state index contributed by atoms with van der Waals surface area (Å²) >= 11 is 0. The third kappa shape index (κ3) is 2.94. The summed E-state index contributed by atoms with van der Waals surface area (Å²) in [6, 6.07) is 0.935. The van der Waals surface area contributed by atoms with E-state index in [0.717, 1.165) is 18.5 Å². The SMILES string of the molecule is NCCCCN1CCCC2CCCCC21. The van der Waals surface area contributed by atoms with Crippen molar-refractivity contribution in [2.24, 2.45) is 11.7 Å². The number of unbranched alkanes of at least 4 members (excludes halogenated alkanes) is 1. The van der Waals surface area contributed by atoms with Gasteiger partial charge in [-0.25, -0.2) is 0 Å². The van der Waals surface area contributed by atoms with Gasteiger partial charge in [-0.15, -0.1) is 0 Å². The first-order chi connectivity index (χ1) is 7.42. The molecule has 0 spiro atoms. The highest BCUT2D eigenvalue weighted by Crippen LogP contribution is 2.35. The molecule has 2 fully saturated rings. The molecule has 1 aliphatic carbocycles. The molecule has 2 rings (SSSR count). The number of likely N-dealkylation sites (tertiary alicyclic amines) is 1. The molecule has 2 nitrogen and oxygen atoms in total. The van der Waals surface area contributed by atoms with Gasteiger partial charge in [0.15, 0.2) is 0 Å². The Balaban J connectivity index is 1.81. The highest BCUT2D eigenvalue weighted by atomic mass is 15.2. The van der Waals surface area contributed by atoms with Crippen LogP contribution in [0.2, 0.25) is 0 Å². The maximum atomic E-state index is 5.56. The lowest BCUT2D eigenvalue weighted by atomic mass is 9.78. The molecule has 15 heavy (non-hydrogen) atoms. The van der Waals surface area contributed by atoms with E-state index in [1.807, 2.05) is 0 Å². The summed E-state index contributed by atoms with van der Waals surface area (Å²) in [6.45, 7) is 3.52. The average Bonchev–Trinajstić information content (AvgIpc) is 2.30. The van der Waals surface area contributed by atoms with Gasteiger partial charge < -0.3 is 10.6 Å². The van der Waals surface area contributed by atoms with Crippen molar-refractivity contribution in [2.75, 3.05) is 19.6 Å². The molecule has 0 amide bonds. The Bertz CT molecular complexity index is 179. The molecule has 0 bridgehead atoms. The third-order valence-electron chi connectivity index (χ3n) is 4.26. The Labute approximate surface area is 94.2 Å². The van der Waals surface area contributed by atoms with Crippen molar-refractivity contribution in [2.45, 2.75) is 57.4 Å². The number of hydrogen-bond donors (Lipinski definition) is 1. The summed E-state index contributed by atoms with van der Waals surface area (Å²) in [5, 5.41) is 0. The fourth-order valence-electron chi connectivity index (χ4n) is 3.46. The van der Waals surface area contributed by atoms with Gasteiger partial charge in [0.2, 0.25) is 0 Å². The lowest BCUT2D eigenvalue weighted by Gasteiger charge is -2.44. The average molecular weight is 210 g/mol. The minimum Gasteiger partial charge on any atom is -0.330 e. The summed E-state index contributed by atoms with van der Waals surface area (Å²) in [6.07, 6.45) is 11.4. The Morgan fingerprint density at radius 2 is 1.80 bits per heavy atom. The van der Waals surface area contributed by atoms with Crippen LogP contribution in [-0.2, 0) is 0 Å². The number of nitrogens with zero attached hydrogens (tertiary/aromatic N) is 1. The van der Waals surface area contributed by atoms with E-state index in [1.54, 1.807) is 0 Å². The van der Waals surface area contributed by atoms with Gasteiger partial charge in [-0.3, -0.25) is 0 Å². The molecule has 2 aliphatic rings. The van der Waals surface area contributed by atoms with Crippen molar-refractivity contribution in [3.63, 3.8) is 0 Å². The zero-order chi connectivity index (χ0) is 10.5. The highest BCUT2D eigenvalue weighted by molar-refractivity contribution is 4.87. The number of rotatable bonds is 4. The van der Waals surface area contributed by atoms with E-state index in [2.05, 4.69) is 4.90 Å². The molecular formula is C13H26N2. The van der Waals surface area contributed by atoms with Crippen LogP contribution in [0, 0.1) is 5.92 Å². The predicted molar refractivity (Wildman–Crippen MR) is 64.8 cm³/mol. The normalized spacial score (nSPS) is 32.6. The number of piperidine rings is 1. The molecule has 2 atom stereocenters. The maximum Gasteiger partial charge on any atom is 0.0123 e. The molecule has 2 N–H and O–H groups in total. The van der Waals surface area contributed by atoms with Crippen molar-refractivity contribution in [1.82, 2.24) is 4.90 Å². The van der Waals surface area contributed by atoms with Crippen molar-refractivity contribution >= 4 is 0 Å². The monoisotopic (exact) mass is 210 g/mol. The van der Waals surface area contributed by atoms with Gasteiger partial charge in [-0.2, -0.15) is 0 Å². The number of hydrogen-bond acceptors (Lipinski definition) is 2. The van der Waals surface area contributed by atoms with Crippen molar-refractivity contribution in [3.8, 4) is 0 Å². The zero-order valence-corrected chi connectivity index (χ0v) is 9.96. The molecule has 88 valence electrons. The molecule has 2 heteroatoms. The van der Waals surface area contributed by atoms with Crippen LogP contribution >= 0.6 is 0 Å². The standard InChI is InChI=1S/C13H26N2/c14-9-3-4-10-15-11-5-7-12-6-1-2-8-13(12)15/h12-13H,1-11,14H2. The van der Waals surface area contributed by atoms with Crippen LogP contribution in [-0.4, -0.2) is 30.6 Å². The lowest BCUT2D eigenvalue weighted by Crippen LogP contribution is -2.47. The molecule has 1 aliphatic heterocycles. The molecular weight excluding hydrogens is 184 g/mol. The molecule has 1 saturated heterocycles. The van der Waals surface area contributed by atoms with Gasteiger partial charge in [0.1, 0.15) is 0 Å². The zero-order valence-electron chi connectivity index (χ0n) is 9.96. The van der Waals surface area contributed by atoms with E-state index in [1.165, 1.54) is 64.5 Å². The van der Waals surface area contributed by atoms with E-state index in [0.29, 0.717) is 0 Å². The van der Waals surface area contributed by atoms with E-state index in [9.17, 15) is 0 Å². The summed E-state index contributed by atoms with van der Waals surface area (Å²) in [5.74, 6) is 1.03. The first-order valence-electron chi connectivity index (χ1n) is 6.86. The topological polar surface area (TPSA) is 29.3 Å². The van der Waals surface area contributed by atoms with Crippen LogP contribution in [0.3, 0.4) is 0 Å². The summed E-state index contributed by atoms with van der Waals surface area (Å²) in [4.78, 5) is 2.77. The number of fused-ring (bicyclic) bond motifs is 1. The largest absolute Gasteiger partial charge is 0.330 e. The van der Waals surface area contributed by atoms with Gasteiger partial charge in [0.05, 0.1) is 0 Å². The molecule has 1 saturated carbocycles. The third-order valence-corrected chi connectivity index (χ3v) is 4.26. The highest BCUT2D eigenvalue weighted by Gasteiger charge is 2.32. The molecule has 0 aromatic rings. The van der Waals surface area contributed by atoms with E-state index in [4.69, 9.17) is 5.73 Å². The summed E-state index contributed by atoms with van der Waals surface area (Å²) < 4.78 is 0. The maximum absolute atomic E-state index is 5.56. The van der Waals surface area contributed by atoms with Crippen molar-refractivity contribution < 1.29 is 0 Å². The minimum absolute atomic E-state index is 0.863.